The van der Waals surface area contributed by atoms with Crippen molar-refractivity contribution in [3.63, 3.8) is 0 Å². The third-order valence-corrected chi connectivity index (χ3v) is 2.48. The van der Waals surface area contributed by atoms with Crippen LogP contribution in [0.25, 0.3) is 0 Å². The first-order valence-corrected chi connectivity index (χ1v) is 6.23. The number of amides is 1. The van der Waals surface area contributed by atoms with Gasteiger partial charge in [-0.3, -0.25) is 0 Å². The van der Waals surface area contributed by atoms with Crippen molar-refractivity contribution in [2.75, 3.05) is 0 Å². The van der Waals surface area contributed by atoms with Crippen LogP contribution in [0, 0.1) is 0 Å². The van der Waals surface area contributed by atoms with Gasteiger partial charge in [-0.1, -0.05) is 24.4 Å². The van der Waals surface area contributed by atoms with Crippen molar-refractivity contribution in [2.24, 2.45) is 0 Å². The number of carbonyl (C=O) groups excluding carboxylic acids is 1. The van der Waals surface area contributed by atoms with E-state index in [1.807, 2.05) is 0 Å². The van der Waals surface area contributed by atoms with Gasteiger partial charge in [0, 0.05) is 11.3 Å². The molecule has 5 nitrogen and oxygen atoms in total. The Morgan fingerprint density at radius 1 is 1.47 bits per heavy atom. The van der Waals surface area contributed by atoms with E-state index in [1.165, 1.54) is 0 Å². The summed E-state index contributed by atoms with van der Waals surface area (Å²) in [5.41, 5.74) is -0.242. The molecule has 0 aromatic rings. The first kappa shape index (κ1) is 15.4. The summed E-state index contributed by atoms with van der Waals surface area (Å²) >= 11 is 5.03. The Balaban J connectivity index is 2.80. The maximum atomic E-state index is 11.6. The summed E-state index contributed by atoms with van der Waals surface area (Å²) in [6.07, 6.45) is 4.84. The second-order valence-electron chi connectivity index (χ2n) is 5.13. The van der Waals surface area contributed by atoms with E-state index in [0.29, 0.717) is 16.9 Å². The number of ether oxygens (including phenoxy) is 1. The number of carboxylic acids is 1. The highest BCUT2D eigenvalue weighted by Crippen LogP contribution is 2.14. The molecule has 0 heterocycles. The number of rotatable bonds is 3. The largest absolute Gasteiger partial charge is 0.479 e. The van der Waals surface area contributed by atoms with Crippen LogP contribution in [-0.4, -0.2) is 33.7 Å². The molecule has 1 aliphatic carbocycles. The molecule has 0 saturated carbocycles. The van der Waals surface area contributed by atoms with E-state index in [1.54, 1.807) is 39.0 Å². The van der Waals surface area contributed by atoms with Crippen LogP contribution < -0.4 is 5.32 Å². The number of alkyl carbamates (subject to hydrolysis) is 1. The van der Waals surface area contributed by atoms with Crippen molar-refractivity contribution < 1.29 is 19.4 Å². The Morgan fingerprint density at radius 2 is 2.11 bits per heavy atom. The molecule has 6 heteroatoms. The number of carbonyl (C=O) groups is 2. The van der Waals surface area contributed by atoms with E-state index in [-0.39, 0.29) is 0 Å². The quantitative estimate of drug-likeness (QED) is 0.777. The minimum absolute atomic E-state index is 0.439. The molecule has 1 amide bonds. The van der Waals surface area contributed by atoms with Crippen LogP contribution in [0.4, 0.5) is 4.79 Å². The molecule has 2 N–H and O–H groups in total. The van der Waals surface area contributed by atoms with E-state index in [2.05, 4.69) is 5.32 Å². The van der Waals surface area contributed by atoms with Crippen LogP contribution in [0.5, 0.6) is 0 Å². The van der Waals surface area contributed by atoms with Gasteiger partial charge in [-0.15, -0.1) is 0 Å². The number of nitrogens with one attached hydrogen (secondary N) is 1. The van der Waals surface area contributed by atoms with E-state index in [0.717, 1.165) is 0 Å². The average Bonchev–Trinajstić information content (AvgIpc) is 2.23. The van der Waals surface area contributed by atoms with Crippen molar-refractivity contribution >= 4 is 29.1 Å². The molecule has 0 aliphatic heterocycles. The lowest BCUT2D eigenvalue weighted by Crippen LogP contribution is -2.44. The lowest BCUT2D eigenvalue weighted by Gasteiger charge is -2.23. The molecule has 1 aliphatic rings. The zero-order valence-electron chi connectivity index (χ0n) is 11.1. The molecule has 0 aromatic carbocycles. The lowest BCUT2D eigenvalue weighted by molar-refractivity contribution is -0.138. The number of aliphatic carboxylic acids is 1. The van der Waals surface area contributed by atoms with Crippen LogP contribution in [-0.2, 0) is 9.53 Å². The van der Waals surface area contributed by atoms with Gasteiger partial charge in [-0.25, -0.2) is 9.59 Å². The molecule has 19 heavy (non-hydrogen) atoms. The Hall–Kier alpha value is -1.69. The average molecular weight is 283 g/mol. The molecule has 0 fully saturated rings. The number of allylic oxidation sites excluding steroid dienone is 2. The van der Waals surface area contributed by atoms with Crippen LogP contribution in [0.15, 0.2) is 23.8 Å². The van der Waals surface area contributed by atoms with E-state index in [9.17, 15) is 14.7 Å². The van der Waals surface area contributed by atoms with Crippen molar-refractivity contribution in [2.45, 2.75) is 38.8 Å². The molecular formula is C13H17NO4S. The summed E-state index contributed by atoms with van der Waals surface area (Å²) in [6, 6.07) is -1.16. The van der Waals surface area contributed by atoms with Gasteiger partial charge in [-0.05, 0) is 32.4 Å². The predicted molar refractivity (Wildman–Crippen MR) is 75.2 cm³/mol. The highest BCUT2D eigenvalue weighted by Gasteiger charge is 2.26. The third kappa shape index (κ3) is 5.21. The van der Waals surface area contributed by atoms with Gasteiger partial charge in [0.2, 0.25) is 0 Å². The van der Waals surface area contributed by atoms with Crippen LogP contribution in [0.1, 0.15) is 27.2 Å². The SMILES string of the molecule is CC(C)(C)OC(=O)NC(C(=O)O)C1=CC(=S)CC=C1. The van der Waals surface area contributed by atoms with Crippen LogP contribution in [0.2, 0.25) is 0 Å². The number of hydrogen-bond donors (Lipinski definition) is 2. The summed E-state index contributed by atoms with van der Waals surface area (Å²) in [7, 11) is 0. The number of thiocarbonyl (C=S) groups is 1. The second-order valence-corrected chi connectivity index (χ2v) is 5.66. The monoisotopic (exact) mass is 283 g/mol. The Kier molecular flexibility index (Phi) is 4.83. The number of carboxylic acid groups (broad SMARTS) is 1. The normalized spacial score (nSPS) is 16.6. The predicted octanol–water partition coefficient (Wildman–Crippen LogP) is 2.22. The molecular weight excluding hydrogens is 266 g/mol. The fourth-order valence-electron chi connectivity index (χ4n) is 1.50. The van der Waals surface area contributed by atoms with Gasteiger partial charge in [-0.2, -0.15) is 0 Å². The summed E-state index contributed by atoms with van der Waals surface area (Å²) < 4.78 is 5.04. The lowest BCUT2D eigenvalue weighted by atomic mass is 10.0. The summed E-state index contributed by atoms with van der Waals surface area (Å²) in [4.78, 5) is 23.5. The molecule has 1 atom stereocenters. The Bertz CT molecular complexity index is 460. The number of hydrogen-bond acceptors (Lipinski definition) is 4. The maximum Gasteiger partial charge on any atom is 0.408 e. The highest BCUT2D eigenvalue weighted by atomic mass is 32.1. The van der Waals surface area contributed by atoms with Crippen LogP contribution >= 0.6 is 12.2 Å². The smallest absolute Gasteiger partial charge is 0.408 e. The zero-order valence-corrected chi connectivity index (χ0v) is 11.9. The molecule has 1 rings (SSSR count). The Labute approximate surface area is 117 Å². The minimum atomic E-state index is -1.16. The van der Waals surface area contributed by atoms with Crippen LogP contribution in [0.3, 0.4) is 0 Å². The van der Waals surface area contributed by atoms with Gasteiger partial charge in [0.05, 0.1) is 0 Å². The third-order valence-electron chi connectivity index (χ3n) is 2.20. The van der Waals surface area contributed by atoms with E-state index in [4.69, 9.17) is 17.0 Å². The second kappa shape index (κ2) is 5.97. The summed E-state index contributed by atoms with van der Waals surface area (Å²) in [5.74, 6) is -1.16. The topological polar surface area (TPSA) is 75.6 Å². The van der Waals surface area contributed by atoms with Gasteiger partial charge < -0.3 is 15.2 Å². The molecule has 1 unspecified atom stereocenters. The molecule has 104 valence electrons. The van der Waals surface area contributed by atoms with Crippen molar-refractivity contribution in [3.8, 4) is 0 Å². The summed E-state index contributed by atoms with van der Waals surface area (Å²) in [6.45, 7) is 5.12. The maximum absolute atomic E-state index is 11.6. The fourth-order valence-corrected chi connectivity index (χ4v) is 1.73. The Morgan fingerprint density at radius 3 is 2.58 bits per heavy atom. The van der Waals surface area contributed by atoms with Crippen molar-refractivity contribution in [1.82, 2.24) is 5.32 Å². The first-order chi connectivity index (χ1) is 8.69. The zero-order chi connectivity index (χ0) is 14.6. The van der Waals surface area contributed by atoms with E-state index < -0.39 is 23.7 Å². The van der Waals surface area contributed by atoms with Crippen molar-refractivity contribution in [3.05, 3.63) is 23.8 Å². The van der Waals surface area contributed by atoms with Gasteiger partial charge in [0.25, 0.3) is 0 Å². The van der Waals surface area contributed by atoms with E-state index >= 15 is 0 Å². The van der Waals surface area contributed by atoms with Crippen molar-refractivity contribution in [1.29, 1.82) is 0 Å². The molecule has 0 saturated heterocycles. The fraction of sp³-hybridized carbons (Fsp3) is 0.462. The molecule has 0 spiro atoms. The van der Waals surface area contributed by atoms with Gasteiger partial charge in [0.15, 0.2) is 6.04 Å². The molecule has 0 bridgehead atoms. The summed E-state index contributed by atoms with van der Waals surface area (Å²) in [5, 5.41) is 11.5. The minimum Gasteiger partial charge on any atom is -0.479 e. The molecule has 0 aromatic heterocycles. The van der Waals surface area contributed by atoms with Gasteiger partial charge >= 0.3 is 12.1 Å². The standard InChI is InChI=1S/C13H17NO4S/c1-13(2,3)18-12(17)14-10(11(15)16)8-5-4-6-9(19)7-8/h4-5,7,10H,6H2,1-3H3,(H,14,17)(H,15,16). The molecule has 0 radical (unpaired) electrons. The highest BCUT2D eigenvalue weighted by molar-refractivity contribution is 7.80. The first-order valence-electron chi connectivity index (χ1n) is 5.82. The van der Waals surface area contributed by atoms with Gasteiger partial charge in [0.1, 0.15) is 5.60 Å².